The fourth-order valence-electron chi connectivity index (χ4n) is 4.15. The Bertz CT molecular complexity index is 743. The zero-order valence-electron chi connectivity index (χ0n) is 15.0. The average molecular weight is 357 g/mol. The molecule has 1 N–H and O–H groups in total. The van der Waals surface area contributed by atoms with Crippen molar-refractivity contribution in [1.29, 1.82) is 0 Å². The minimum atomic E-state index is -0.0697. The number of aromatic nitrogens is 3. The number of methoxy groups -OCH3 is 2. The summed E-state index contributed by atoms with van der Waals surface area (Å²) in [4.78, 5) is 16.7. The smallest absolute Gasteiger partial charge is 0.322 e. The van der Waals surface area contributed by atoms with Gasteiger partial charge in [-0.05, 0) is 25.7 Å². The molecule has 2 fully saturated rings. The third kappa shape index (κ3) is 3.07. The number of urea groups is 1. The van der Waals surface area contributed by atoms with E-state index in [0.29, 0.717) is 17.2 Å². The van der Waals surface area contributed by atoms with Crippen molar-refractivity contribution in [3.05, 3.63) is 30.6 Å². The molecule has 2 unspecified atom stereocenters. The third-order valence-corrected chi connectivity index (χ3v) is 5.31. The Kier molecular flexibility index (Phi) is 4.40. The molecule has 1 aromatic carbocycles. The number of ether oxygens (including phenoxy) is 2. The number of amides is 2. The van der Waals surface area contributed by atoms with E-state index in [-0.39, 0.29) is 24.2 Å². The van der Waals surface area contributed by atoms with Gasteiger partial charge >= 0.3 is 6.03 Å². The zero-order valence-corrected chi connectivity index (χ0v) is 15.0. The quantitative estimate of drug-likeness (QED) is 0.910. The van der Waals surface area contributed by atoms with E-state index in [1.807, 2.05) is 4.90 Å². The van der Waals surface area contributed by atoms with Gasteiger partial charge in [-0.15, -0.1) is 0 Å². The summed E-state index contributed by atoms with van der Waals surface area (Å²) in [6, 6.07) is 6.01. The molecule has 0 saturated carbocycles. The van der Waals surface area contributed by atoms with Gasteiger partial charge in [0.05, 0.1) is 32.7 Å². The Labute approximate surface area is 152 Å². The van der Waals surface area contributed by atoms with E-state index in [1.165, 1.54) is 0 Å². The number of carbonyl (C=O) groups excluding carboxylic acids is 1. The van der Waals surface area contributed by atoms with E-state index in [1.54, 1.807) is 49.6 Å². The van der Waals surface area contributed by atoms with Crippen molar-refractivity contribution in [2.24, 2.45) is 0 Å². The third-order valence-electron chi connectivity index (χ3n) is 5.31. The van der Waals surface area contributed by atoms with Gasteiger partial charge in [0.15, 0.2) is 0 Å². The molecule has 2 aliphatic heterocycles. The number of nitrogens with zero attached hydrogens (tertiary/aromatic N) is 4. The van der Waals surface area contributed by atoms with Crippen LogP contribution in [-0.2, 0) is 0 Å². The van der Waals surface area contributed by atoms with Crippen molar-refractivity contribution >= 4 is 11.7 Å². The highest BCUT2D eigenvalue weighted by Gasteiger charge is 2.44. The molecule has 26 heavy (non-hydrogen) atoms. The Balaban J connectivity index is 1.48. The summed E-state index contributed by atoms with van der Waals surface area (Å²) >= 11 is 0. The number of benzene rings is 1. The van der Waals surface area contributed by atoms with Crippen LogP contribution in [0.4, 0.5) is 10.5 Å². The predicted molar refractivity (Wildman–Crippen MR) is 95.5 cm³/mol. The largest absolute Gasteiger partial charge is 0.497 e. The average Bonchev–Trinajstić information content (AvgIpc) is 3.28. The van der Waals surface area contributed by atoms with Crippen LogP contribution < -0.4 is 14.8 Å². The highest BCUT2D eigenvalue weighted by Crippen LogP contribution is 2.40. The molecule has 3 heterocycles. The van der Waals surface area contributed by atoms with E-state index >= 15 is 0 Å². The molecule has 1 aromatic heterocycles. The summed E-state index contributed by atoms with van der Waals surface area (Å²) in [5.41, 5.74) is 0.668. The maximum Gasteiger partial charge on any atom is 0.322 e. The lowest BCUT2D eigenvalue weighted by Crippen LogP contribution is -2.49. The van der Waals surface area contributed by atoms with Crippen molar-refractivity contribution < 1.29 is 14.3 Å². The first-order chi connectivity index (χ1) is 12.7. The van der Waals surface area contributed by atoms with E-state index in [2.05, 4.69) is 15.5 Å². The Morgan fingerprint density at radius 3 is 2.12 bits per heavy atom. The maximum absolute atomic E-state index is 12.9. The van der Waals surface area contributed by atoms with Crippen LogP contribution in [0.5, 0.6) is 11.5 Å². The molecular weight excluding hydrogens is 334 g/mol. The second-order valence-corrected chi connectivity index (χ2v) is 6.80. The van der Waals surface area contributed by atoms with Crippen LogP contribution in [0.1, 0.15) is 31.7 Å². The molecule has 8 nitrogen and oxygen atoms in total. The molecule has 8 heteroatoms. The molecule has 138 valence electrons. The van der Waals surface area contributed by atoms with Gasteiger partial charge in [-0.2, -0.15) is 15.0 Å². The Hall–Kier alpha value is -2.77. The highest BCUT2D eigenvalue weighted by molar-refractivity contribution is 5.90. The maximum atomic E-state index is 12.9. The Morgan fingerprint density at radius 2 is 1.58 bits per heavy atom. The van der Waals surface area contributed by atoms with Crippen molar-refractivity contribution in [1.82, 2.24) is 19.9 Å². The highest BCUT2D eigenvalue weighted by atomic mass is 16.5. The lowest BCUT2D eigenvalue weighted by molar-refractivity contribution is 0.124. The van der Waals surface area contributed by atoms with Gasteiger partial charge in [0.2, 0.25) is 0 Å². The number of carbonyl (C=O) groups is 1. The van der Waals surface area contributed by atoms with Gasteiger partial charge < -0.3 is 19.7 Å². The van der Waals surface area contributed by atoms with Crippen molar-refractivity contribution in [2.75, 3.05) is 19.5 Å². The number of hydrogen-bond donors (Lipinski definition) is 1. The van der Waals surface area contributed by atoms with Gasteiger partial charge in [0.25, 0.3) is 0 Å². The SMILES string of the molecule is COc1cc(NC(=O)N2C3CCC2CC(n2nccn2)C3)cc(OC)c1. The van der Waals surface area contributed by atoms with Crippen LogP contribution in [0.15, 0.2) is 30.6 Å². The Morgan fingerprint density at radius 1 is 1.00 bits per heavy atom. The number of hydrogen-bond acceptors (Lipinski definition) is 5. The minimum absolute atomic E-state index is 0.0697. The van der Waals surface area contributed by atoms with Crippen LogP contribution in [0.25, 0.3) is 0 Å². The van der Waals surface area contributed by atoms with Gasteiger partial charge in [-0.25, -0.2) is 4.79 Å². The van der Waals surface area contributed by atoms with E-state index in [4.69, 9.17) is 9.47 Å². The van der Waals surface area contributed by atoms with Gasteiger partial charge in [0, 0.05) is 36.0 Å². The second-order valence-electron chi connectivity index (χ2n) is 6.80. The number of fused-ring (bicyclic) bond motifs is 2. The lowest BCUT2D eigenvalue weighted by atomic mass is 9.98. The zero-order chi connectivity index (χ0) is 18.1. The van der Waals surface area contributed by atoms with E-state index in [9.17, 15) is 4.79 Å². The molecule has 2 aromatic rings. The molecule has 2 aliphatic rings. The summed E-state index contributed by atoms with van der Waals surface area (Å²) in [6.45, 7) is 0. The number of anilines is 1. The summed E-state index contributed by atoms with van der Waals surface area (Å²) < 4.78 is 10.5. The monoisotopic (exact) mass is 357 g/mol. The first-order valence-electron chi connectivity index (χ1n) is 8.86. The topological polar surface area (TPSA) is 81.5 Å². The van der Waals surface area contributed by atoms with Crippen molar-refractivity contribution in [2.45, 2.75) is 43.8 Å². The number of rotatable bonds is 4. The molecule has 2 atom stereocenters. The summed E-state index contributed by atoms with van der Waals surface area (Å²) in [5.74, 6) is 1.29. The molecule has 2 amide bonds. The second kappa shape index (κ2) is 6.86. The molecule has 2 saturated heterocycles. The fourth-order valence-corrected chi connectivity index (χ4v) is 4.15. The van der Waals surface area contributed by atoms with E-state index < -0.39 is 0 Å². The first kappa shape index (κ1) is 16.7. The van der Waals surface area contributed by atoms with Gasteiger partial charge in [-0.3, -0.25) is 0 Å². The lowest BCUT2D eigenvalue weighted by Gasteiger charge is -2.38. The molecule has 0 spiro atoms. The van der Waals surface area contributed by atoms with Crippen molar-refractivity contribution in [3.63, 3.8) is 0 Å². The van der Waals surface area contributed by atoms with Crippen LogP contribution >= 0.6 is 0 Å². The summed E-state index contributed by atoms with van der Waals surface area (Å²) in [5, 5.41) is 11.5. The standard InChI is InChI=1S/C18H23N5O3/c1-25-16-7-12(8-17(11-16)26-2)21-18(24)22-13-3-4-14(22)10-15(9-13)23-19-5-6-20-23/h5-8,11,13-15H,3-4,9-10H2,1-2H3,(H,21,24). The van der Waals surface area contributed by atoms with Crippen molar-refractivity contribution in [3.8, 4) is 11.5 Å². The van der Waals surface area contributed by atoms with Crippen LogP contribution in [-0.4, -0.2) is 52.2 Å². The van der Waals surface area contributed by atoms with Crippen LogP contribution in [0.3, 0.4) is 0 Å². The molecule has 4 rings (SSSR count). The van der Waals surface area contributed by atoms with Gasteiger partial charge in [0.1, 0.15) is 11.5 Å². The molecule has 2 bridgehead atoms. The number of nitrogens with one attached hydrogen (secondary N) is 1. The molecule has 0 aliphatic carbocycles. The summed E-state index contributed by atoms with van der Waals surface area (Å²) in [7, 11) is 3.18. The number of piperidine rings is 1. The van der Waals surface area contributed by atoms with E-state index in [0.717, 1.165) is 25.7 Å². The minimum Gasteiger partial charge on any atom is -0.497 e. The normalized spacial score (nSPS) is 24.4. The van der Waals surface area contributed by atoms with Crippen LogP contribution in [0.2, 0.25) is 0 Å². The predicted octanol–water partition coefficient (Wildman–Crippen LogP) is 2.70. The van der Waals surface area contributed by atoms with Gasteiger partial charge in [-0.1, -0.05) is 0 Å². The summed E-state index contributed by atoms with van der Waals surface area (Å²) in [6.07, 6.45) is 7.24. The molecular formula is C18H23N5O3. The van der Waals surface area contributed by atoms with Crippen LogP contribution in [0, 0.1) is 0 Å². The first-order valence-corrected chi connectivity index (χ1v) is 8.86. The fraction of sp³-hybridized carbons (Fsp3) is 0.500. The molecule has 0 radical (unpaired) electrons.